The van der Waals surface area contributed by atoms with Gasteiger partial charge in [0.1, 0.15) is 11.9 Å². The van der Waals surface area contributed by atoms with Gasteiger partial charge in [0.05, 0.1) is 6.10 Å². The topological polar surface area (TPSA) is 29.5 Å². The molecule has 0 aromatic heterocycles. The Morgan fingerprint density at radius 1 is 1.12 bits per heavy atom. The van der Waals surface area contributed by atoms with Gasteiger partial charge in [0.15, 0.2) is 0 Å². The molecule has 1 aromatic rings. The first-order valence-electron chi connectivity index (χ1n) is 6.67. The molecule has 0 spiro atoms. The zero-order valence-corrected chi connectivity index (χ0v) is 10.6. The minimum absolute atomic E-state index is 0.0305. The van der Waals surface area contributed by atoms with Crippen LogP contribution in [-0.4, -0.2) is 17.3 Å². The molecule has 0 heterocycles. The Labute approximate surface area is 104 Å². The average molecular weight is 234 g/mol. The predicted molar refractivity (Wildman–Crippen MR) is 69.3 cm³/mol. The van der Waals surface area contributed by atoms with Crippen LogP contribution in [0.15, 0.2) is 24.3 Å². The van der Waals surface area contributed by atoms with E-state index in [4.69, 9.17) is 4.74 Å². The first kappa shape index (κ1) is 12.4. The summed E-state index contributed by atoms with van der Waals surface area (Å²) in [5.41, 5.74) is 1.20. The molecule has 1 aliphatic rings. The highest BCUT2D eigenvalue weighted by Crippen LogP contribution is 2.23. The molecule has 1 fully saturated rings. The molecule has 1 aromatic carbocycles. The third-order valence-corrected chi connectivity index (χ3v) is 3.44. The highest BCUT2D eigenvalue weighted by molar-refractivity contribution is 5.27. The van der Waals surface area contributed by atoms with Crippen LogP contribution in [0.2, 0.25) is 0 Å². The van der Waals surface area contributed by atoms with E-state index in [-0.39, 0.29) is 12.2 Å². The van der Waals surface area contributed by atoms with Crippen molar-refractivity contribution >= 4 is 0 Å². The van der Waals surface area contributed by atoms with Crippen LogP contribution >= 0.6 is 0 Å². The maximum absolute atomic E-state index is 10.1. The standard InChI is InChI=1S/C15H22O2/c1-12-7-6-8-13(11-12)17-15-10-5-3-2-4-9-14(15)16/h6-8,11,14-16H,2-5,9-10H2,1H3. The normalized spacial score (nSPS) is 26.0. The Kier molecular flexibility index (Phi) is 4.43. The van der Waals surface area contributed by atoms with Crippen molar-refractivity contribution in [1.29, 1.82) is 0 Å². The number of aryl methyl sites for hydroxylation is 1. The Morgan fingerprint density at radius 3 is 2.65 bits per heavy atom. The second-order valence-electron chi connectivity index (χ2n) is 5.03. The Morgan fingerprint density at radius 2 is 1.88 bits per heavy atom. The van der Waals surface area contributed by atoms with E-state index in [2.05, 4.69) is 13.0 Å². The van der Waals surface area contributed by atoms with Gasteiger partial charge in [-0.05, 0) is 43.9 Å². The number of hydrogen-bond acceptors (Lipinski definition) is 2. The number of hydrogen-bond donors (Lipinski definition) is 1. The summed E-state index contributed by atoms with van der Waals surface area (Å²) in [7, 11) is 0. The fourth-order valence-electron chi connectivity index (χ4n) is 2.43. The van der Waals surface area contributed by atoms with Crippen molar-refractivity contribution in [3.63, 3.8) is 0 Å². The third-order valence-electron chi connectivity index (χ3n) is 3.44. The fraction of sp³-hybridized carbons (Fsp3) is 0.600. The van der Waals surface area contributed by atoms with Crippen molar-refractivity contribution in [2.45, 2.75) is 57.7 Å². The second-order valence-corrected chi connectivity index (χ2v) is 5.03. The molecule has 0 saturated heterocycles. The highest BCUT2D eigenvalue weighted by Gasteiger charge is 2.22. The van der Waals surface area contributed by atoms with Crippen molar-refractivity contribution < 1.29 is 9.84 Å². The minimum Gasteiger partial charge on any atom is -0.488 e. The van der Waals surface area contributed by atoms with E-state index < -0.39 is 0 Å². The van der Waals surface area contributed by atoms with Crippen LogP contribution in [0.25, 0.3) is 0 Å². The number of aliphatic hydroxyl groups is 1. The summed E-state index contributed by atoms with van der Waals surface area (Å²) >= 11 is 0. The molecule has 1 saturated carbocycles. The Bertz CT molecular complexity index is 349. The zero-order valence-electron chi connectivity index (χ0n) is 10.6. The molecule has 17 heavy (non-hydrogen) atoms. The molecule has 1 aliphatic carbocycles. The van der Waals surface area contributed by atoms with Gasteiger partial charge in [0, 0.05) is 0 Å². The summed E-state index contributed by atoms with van der Waals surface area (Å²) in [6, 6.07) is 8.06. The average Bonchev–Trinajstić information content (AvgIpc) is 2.29. The van der Waals surface area contributed by atoms with Gasteiger partial charge in [0.25, 0.3) is 0 Å². The van der Waals surface area contributed by atoms with Gasteiger partial charge in [-0.15, -0.1) is 0 Å². The molecule has 2 nitrogen and oxygen atoms in total. The van der Waals surface area contributed by atoms with E-state index in [1.54, 1.807) is 0 Å². The lowest BCUT2D eigenvalue weighted by molar-refractivity contribution is 0.0187. The van der Waals surface area contributed by atoms with E-state index >= 15 is 0 Å². The monoisotopic (exact) mass is 234 g/mol. The summed E-state index contributed by atoms with van der Waals surface area (Å²) in [6.07, 6.45) is 6.29. The highest BCUT2D eigenvalue weighted by atomic mass is 16.5. The lowest BCUT2D eigenvalue weighted by atomic mass is 9.96. The molecule has 94 valence electrons. The van der Waals surface area contributed by atoms with Crippen molar-refractivity contribution in [2.75, 3.05) is 0 Å². The molecule has 2 atom stereocenters. The van der Waals surface area contributed by atoms with E-state index in [0.717, 1.165) is 31.4 Å². The smallest absolute Gasteiger partial charge is 0.124 e. The third kappa shape index (κ3) is 3.74. The van der Waals surface area contributed by atoms with Crippen LogP contribution in [0, 0.1) is 6.92 Å². The Hall–Kier alpha value is -1.02. The molecule has 2 heteroatoms. The van der Waals surface area contributed by atoms with E-state index in [9.17, 15) is 5.11 Å². The predicted octanol–water partition coefficient (Wildman–Crippen LogP) is 3.46. The van der Waals surface area contributed by atoms with E-state index in [1.807, 2.05) is 18.2 Å². The molecule has 1 N–H and O–H groups in total. The molecule has 0 bridgehead atoms. The number of rotatable bonds is 2. The maximum atomic E-state index is 10.1. The lowest BCUT2D eigenvalue weighted by Gasteiger charge is -2.26. The van der Waals surface area contributed by atoms with Crippen molar-refractivity contribution in [3.05, 3.63) is 29.8 Å². The first-order valence-corrected chi connectivity index (χ1v) is 6.67. The summed E-state index contributed by atoms with van der Waals surface area (Å²) in [5, 5.41) is 10.1. The molecular formula is C15H22O2. The van der Waals surface area contributed by atoms with Crippen LogP contribution in [0.5, 0.6) is 5.75 Å². The minimum atomic E-state index is -0.309. The number of benzene rings is 1. The van der Waals surface area contributed by atoms with Crippen molar-refractivity contribution in [1.82, 2.24) is 0 Å². The molecule has 2 rings (SSSR count). The van der Waals surface area contributed by atoms with Gasteiger partial charge >= 0.3 is 0 Å². The lowest BCUT2D eigenvalue weighted by Crippen LogP contribution is -2.32. The Balaban J connectivity index is 1.99. The summed E-state index contributed by atoms with van der Waals surface area (Å²) in [5.74, 6) is 0.884. The molecule has 0 radical (unpaired) electrons. The van der Waals surface area contributed by atoms with Gasteiger partial charge < -0.3 is 9.84 Å². The fourth-order valence-corrected chi connectivity index (χ4v) is 2.43. The number of aliphatic hydroxyl groups excluding tert-OH is 1. The van der Waals surface area contributed by atoms with Crippen molar-refractivity contribution in [2.24, 2.45) is 0 Å². The zero-order chi connectivity index (χ0) is 12.1. The van der Waals surface area contributed by atoms with E-state index in [1.165, 1.54) is 18.4 Å². The summed E-state index contributed by atoms with van der Waals surface area (Å²) in [4.78, 5) is 0. The van der Waals surface area contributed by atoms with Crippen LogP contribution in [-0.2, 0) is 0 Å². The van der Waals surface area contributed by atoms with E-state index in [0.29, 0.717) is 0 Å². The van der Waals surface area contributed by atoms with Crippen LogP contribution < -0.4 is 4.74 Å². The number of ether oxygens (including phenoxy) is 1. The second kappa shape index (κ2) is 6.06. The largest absolute Gasteiger partial charge is 0.488 e. The van der Waals surface area contributed by atoms with Gasteiger partial charge in [0.2, 0.25) is 0 Å². The van der Waals surface area contributed by atoms with Gasteiger partial charge in [-0.25, -0.2) is 0 Å². The van der Waals surface area contributed by atoms with Gasteiger partial charge in [-0.1, -0.05) is 31.4 Å². The van der Waals surface area contributed by atoms with Gasteiger partial charge in [-0.2, -0.15) is 0 Å². The van der Waals surface area contributed by atoms with Crippen LogP contribution in [0.4, 0.5) is 0 Å². The first-order chi connectivity index (χ1) is 8.25. The maximum Gasteiger partial charge on any atom is 0.124 e. The quantitative estimate of drug-likeness (QED) is 0.849. The molecule has 0 amide bonds. The van der Waals surface area contributed by atoms with Crippen LogP contribution in [0.1, 0.15) is 44.1 Å². The molecular weight excluding hydrogens is 212 g/mol. The SMILES string of the molecule is Cc1cccc(OC2CCCCCCC2O)c1. The van der Waals surface area contributed by atoms with Crippen molar-refractivity contribution in [3.8, 4) is 5.75 Å². The molecule has 2 unspecified atom stereocenters. The van der Waals surface area contributed by atoms with Gasteiger partial charge in [-0.3, -0.25) is 0 Å². The summed E-state index contributed by atoms with van der Waals surface area (Å²) in [6.45, 7) is 2.06. The molecule has 0 aliphatic heterocycles. The summed E-state index contributed by atoms with van der Waals surface area (Å²) < 4.78 is 5.93. The van der Waals surface area contributed by atoms with Crippen LogP contribution in [0.3, 0.4) is 0 Å².